The van der Waals surface area contributed by atoms with Crippen molar-refractivity contribution in [2.75, 3.05) is 26.2 Å². The highest BCUT2D eigenvalue weighted by Gasteiger charge is 2.48. The Kier molecular flexibility index (Phi) is 5.74. The summed E-state index contributed by atoms with van der Waals surface area (Å²) >= 11 is 0. The van der Waals surface area contributed by atoms with E-state index in [0.717, 1.165) is 11.4 Å². The van der Waals surface area contributed by atoms with Gasteiger partial charge in [0.25, 0.3) is 0 Å². The Labute approximate surface area is 133 Å². The normalized spacial score (nSPS) is 12.9. The lowest BCUT2D eigenvalue weighted by atomic mass is 10.2. The van der Waals surface area contributed by atoms with Gasteiger partial charge in [0.15, 0.2) is 0 Å². The van der Waals surface area contributed by atoms with Crippen molar-refractivity contribution in [2.24, 2.45) is 0 Å². The van der Waals surface area contributed by atoms with Gasteiger partial charge in [-0.1, -0.05) is 36.4 Å². The van der Waals surface area contributed by atoms with E-state index < -0.39 is 8.80 Å². The maximum atomic E-state index is 5.67. The fourth-order valence-corrected chi connectivity index (χ4v) is 4.83. The van der Waals surface area contributed by atoms with Crippen LogP contribution >= 0.6 is 0 Å². The SMILES string of the molecule is CO[Si](OC)(OC)C(C)N(c1ccccc1)c1ccccc1. The Morgan fingerprint density at radius 1 is 0.727 bits per heavy atom. The van der Waals surface area contributed by atoms with Crippen LogP contribution in [-0.2, 0) is 13.3 Å². The van der Waals surface area contributed by atoms with E-state index in [2.05, 4.69) is 36.1 Å². The van der Waals surface area contributed by atoms with E-state index in [4.69, 9.17) is 13.3 Å². The summed E-state index contributed by atoms with van der Waals surface area (Å²) in [5.41, 5.74) is 2.07. The Bertz CT molecular complexity index is 513. The lowest BCUT2D eigenvalue weighted by Crippen LogP contribution is -2.59. The molecule has 0 fully saturated rings. The number of anilines is 2. The van der Waals surface area contributed by atoms with Crippen LogP contribution in [-0.4, -0.2) is 35.8 Å². The number of benzene rings is 2. The minimum Gasteiger partial charge on any atom is -0.376 e. The monoisotopic (exact) mass is 317 g/mol. The van der Waals surface area contributed by atoms with Crippen LogP contribution in [0.25, 0.3) is 0 Å². The molecule has 5 heteroatoms. The molecule has 0 heterocycles. The van der Waals surface area contributed by atoms with Gasteiger partial charge in [-0.2, -0.15) is 0 Å². The molecule has 1 unspecified atom stereocenters. The van der Waals surface area contributed by atoms with Crippen LogP contribution in [0.4, 0.5) is 11.4 Å². The van der Waals surface area contributed by atoms with Gasteiger partial charge in [-0.3, -0.25) is 0 Å². The Balaban J connectivity index is 2.49. The molecule has 0 saturated heterocycles. The summed E-state index contributed by atoms with van der Waals surface area (Å²) in [7, 11) is 2.10. The third-order valence-corrected chi connectivity index (χ3v) is 6.81. The van der Waals surface area contributed by atoms with Gasteiger partial charge in [0, 0.05) is 32.7 Å². The highest BCUT2D eigenvalue weighted by atomic mass is 28.4. The maximum absolute atomic E-state index is 5.67. The second-order valence-corrected chi connectivity index (χ2v) is 8.20. The van der Waals surface area contributed by atoms with Gasteiger partial charge in [0.2, 0.25) is 0 Å². The number of hydrogen-bond donors (Lipinski definition) is 0. The van der Waals surface area contributed by atoms with E-state index in [9.17, 15) is 0 Å². The van der Waals surface area contributed by atoms with Crippen LogP contribution in [0.1, 0.15) is 6.92 Å². The molecule has 118 valence electrons. The maximum Gasteiger partial charge on any atom is 0.524 e. The molecule has 0 amide bonds. The van der Waals surface area contributed by atoms with Gasteiger partial charge in [-0.05, 0) is 31.2 Å². The molecule has 2 aromatic carbocycles. The van der Waals surface area contributed by atoms with Crippen molar-refractivity contribution in [1.29, 1.82) is 0 Å². The highest BCUT2D eigenvalue weighted by molar-refractivity contribution is 6.63. The quantitative estimate of drug-likeness (QED) is 0.730. The lowest BCUT2D eigenvalue weighted by Gasteiger charge is -2.39. The van der Waals surface area contributed by atoms with Crippen molar-refractivity contribution < 1.29 is 13.3 Å². The molecule has 0 radical (unpaired) electrons. The summed E-state index contributed by atoms with van der Waals surface area (Å²) in [6.07, 6.45) is 0. The zero-order valence-electron chi connectivity index (χ0n) is 13.5. The van der Waals surface area contributed by atoms with Crippen molar-refractivity contribution in [1.82, 2.24) is 0 Å². The van der Waals surface area contributed by atoms with Crippen molar-refractivity contribution in [3.63, 3.8) is 0 Å². The van der Waals surface area contributed by atoms with Crippen LogP contribution in [0, 0.1) is 0 Å². The predicted molar refractivity (Wildman–Crippen MR) is 91.3 cm³/mol. The van der Waals surface area contributed by atoms with Crippen molar-refractivity contribution in [3.05, 3.63) is 60.7 Å². The smallest absolute Gasteiger partial charge is 0.376 e. The molecule has 1 atom stereocenters. The molecule has 0 aliphatic heterocycles. The van der Waals surface area contributed by atoms with Gasteiger partial charge in [0.05, 0.1) is 0 Å². The molecule has 22 heavy (non-hydrogen) atoms. The minimum atomic E-state index is -2.82. The van der Waals surface area contributed by atoms with E-state index in [1.54, 1.807) is 21.3 Å². The third-order valence-electron chi connectivity index (χ3n) is 3.82. The second kappa shape index (κ2) is 7.55. The number of nitrogens with zero attached hydrogens (tertiary/aromatic N) is 1. The summed E-state index contributed by atoms with van der Waals surface area (Å²) in [5, 5.41) is 0. The molecule has 0 bridgehead atoms. The second-order valence-electron chi connectivity index (χ2n) is 4.93. The Morgan fingerprint density at radius 3 is 1.41 bits per heavy atom. The molecule has 0 aliphatic carbocycles. The Morgan fingerprint density at radius 2 is 1.09 bits per heavy atom. The van der Waals surface area contributed by atoms with Gasteiger partial charge < -0.3 is 18.2 Å². The lowest BCUT2D eigenvalue weighted by molar-refractivity contribution is 0.115. The molecule has 0 spiro atoms. The third kappa shape index (κ3) is 3.23. The molecule has 4 nitrogen and oxygen atoms in total. The number of para-hydroxylation sites is 2. The molecule has 0 aliphatic rings. The van der Waals surface area contributed by atoms with Crippen LogP contribution in [0.5, 0.6) is 0 Å². The van der Waals surface area contributed by atoms with Crippen molar-refractivity contribution in [3.8, 4) is 0 Å². The average Bonchev–Trinajstić information content (AvgIpc) is 2.59. The largest absolute Gasteiger partial charge is 0.524 e. The van der Waals surface area contributed by atoms with Crippen LogP contribution in [0.15, 0.2) is 60.7 Å². The molecule has 2 rings (SSSR count). The van der Waals surface area contributed by atoms with Gasteiger partial charge in [-0.25, -0.2) is 0 Å². The first-order valence-corrected chi connectivity index (χ1v) is 9.03. The van der Waals surface area contributed by atoms with E-state index >= 15 is 0 Å². The summed E-state index contributed by atoms with van der Waals surface area (Å²) in [4.78, 5) is 2.20. The first-order chi connectivity index (χ1) is 10.7. The summed E-state index contributed by atoms with van der Waals surface area (Å²) in [6.45, 7) is 2.07. The van der Waals surface area contributed by atoms with Gasteiger partial charge in [0.1, 0.15) is 5.67 Å². The summed E-state index contributed by atoms with van der Waals surface area (Å²) in [5.74, 6) is 0. The summed E-state index contributed by atoms with van der Waals surface area (Å²) in [6, 6.07) is 20.4. The van der Waals surface area contributed by atoms with E-state index in [0.29, 0.717) is 0 Å². The van der Waals surface area contributed by atoms with Crippen LogP contribution < -0.4 is 4.90 Å². The fraction of sp³-hybridized carbons (Fsp3) is 0.294. The standard InChI is InChI=1S/C17H23NO3Si/c1-15(22(19-2,20-3)21-4)18(16-11-7-5-8-12-16)17-13-9-6-10-14-17/h5-15H,1-4H3. The van der Waals surface area contributed by atoms with Crippen LogP contribution in [0.2, 0.25) is 0 Å². The molecule has 0 N–H and O–H groups in total. The zero-order chi connectivity index (χ0) is 16.0. The van der Waals surface area contributed by atoms with E-state index in [-0.39, 0.29) is 5.67 Å². The zero-order valence-corrected chi connectivity index (χ0v) is 14.5. The number of rotatable bonds is 7. The van der Waals surface area contributed by atoms with Crippen molar-refractivity contribution >= 4 is 20.2 Å². The predicted octanol–water partition coefficient (Wildman–Crippen LogP) is 3.63. The molecule has 0 saturated carbocycles. The number of hydrogen-bond acceptors (Lipinski definition) is 4. The topological polar surface area (TPSA) is 30.9 Å². The minimum absolute atomic E-state index is 0.0719. The first-order valence-electron chi connectivity index (χ1n) is 7.23. The average molecular weight is 317 g/mol. The van der Waals surface area contributed by atoms with Crippen molar-refractivity contribution in [2.45, 2.75) is 12.6 Å². The molecule has 2 aromatic rings. The fourth-order valence-electron chi connectivity index (χ4n) is 2.69. The van der Waals surface area contributed by atoms with Gasteiger partial charge in [-0.15, -0.1) is 0 Å². The Hall–Kier alpha value is -1.66. The van der Waals surface area contributed by atoms with Gasteiger partial charge >= 0.3 is 8.80 Å². The molecule has 0 aromatic heterocycles. The van der Waals surface area contributed by atoms with E-state index in [1.165, 1.54) is 0 Å². The molecular formula is C17H23NO3Si. The highest BCUT2D eigenvalue weighted by Crippen LogP contribution is 2.31. The summed E-state index contributed by atoms with van der Waals surface area (Å²) < 4.78 is 17.0. The molecular weight excluding hydrogens is 294 g/mol. The van der Waals surface area contributed by atoms with Crippen LogP contribution in [0.3, 0.4) is 0 Å². The van der Waals surface area contributed by atoms with E-state index in [1.807, 2.05) is 36.4 Å². The first kappa shape index (κ1) is 16.7.